The first-order chi connectivity index (χ1) is 15.1. The summed E-state index contributed by atoms with van der Waals surface area (Å²) in [7, 11) is 1.69. The van der Waals surface area contributed by atoms with Gasteiger partial charge in [-0.3, -0.25) is 0 Å². The van der Waals surface area contributed by atoms with Crippen LogP contribution in [-0.4, -0.2) is 20.3 Å². The lowest BCUT2D eigenvalue weighted by Gasteiger charge is -2.16. The molecule has 0 unspecified atom stereocenters. The Kier molecular flexibility index (Phi) is 11.0. The molecule has 7 heteroatoms. The highest BCUT2D eigenvalue weighted by molar-refractivity contribution is 6.32. The van der Waals surface area contributed by atoms with Crippen molar-refractivity contribution in [1.29, 1.82) is 0 Å². The van der Waals surface area contributed by atoms with Crippen LogP contribution in [0.25, 0.3) is 0 Å². The van der Waals surface area contributed by atoms with Crippen molar-refractivity contribution in [2.45, 2.75) is 26.5 Å². The van der Waals surface area contributed by atoms with Gasteiger partial charge in [-0.2, -0.15) is 0 Å². The second-order valence-corrected chi connectivity index (χ2v) is 7.77. The zero-order valence-corrected chi connectivity index (χ0v) is 20.5. The summed E-state index contributed by atoms with van der Waals surface area (Å²) in [5, 5.41) is 4.63. The molecule has 0 fully saturated rings. The van der Waals surface area contributed by atoms with Gasteiger partial charge in [-0.05, 0) is 55.3 Å². The first kappa shape index (κ1) is 26.1. The molecule has 0 bridgehead atoms. The van der Waals surface area contributed by atoms with Gasteiger partial charge in [-0.15, -0.1) is 12.4 Å². The van der Waals surface area contributed by atoms with Crippen molar-refractivity contribution < 1.29 is 14.2 Å². The number of nitrogens with one attached hydrogen (secondary N) is 1. The highest BCUT2D eigenvalue weighted by Crippen LogP contribution is 2.37. The van der Waals surface area contributed by atoms with Crippen LogP contribution in [0.15, 0.2) is 60.7 Å². The van der Waals surface area contributed by atoms with E-state index < -0.39 is 0 Å². The molecule has 0 aromatic heterocycles. The van der Waals surface area contributed by atoms with Crippen molar-refractivity contribution in [3.8, 4) is 17.2 Å². The van der Waals surface area contributed by atoms with Gasteiger partial charge in [-0.25, -0.2) is 0 Å². The summed E-state index contributed by atoms with van der Waals surface area (Å²) < 4.78 is 17.2. The van der Waals surface area contributed by atoms with Crippen molar-refractivity contribution in [1.82, 2.24) is 5.32 Å². The van der Waals surface area contributed by atoms with Gasteiger partial charge in [0.05, 0.1) is 18.7 Å². The number of methoxy groups -OCH3 is 1. The normalized spacial score (nSPS) is 10.4. The minimum atomic E-state index is 0. The lowest BCUT2D eigenvalue weighted by atomic mass is 10.1. The van der Waals surface area contributed by atoms with E-state index in [9.17, 15) is 0 Å². The number of hydrogen-bond donors (Lipinski definition) is 1. The van der Waals surface area contributed by atoms with E-state index >= 15 is 0 Å². The molecule has 0 spiro atoms. The largest absolute Gasteiger partial charge is 0.496 e. The maximum absolute atomic E-state index is 6.54. The van der Waals surface area contributed by atoms with Crippen molar-refractivity contribution in [3.63, 3.8) is 0 Å². The van der Waals surface area contributed by atoms with E-state index in [0.29, 0.717) is 41.3 Å². The van der Waals surface area contributed by atoms with Gasteiger partial charge in [-0.1, -0.05) is 59.6 Å². The fraction of sp³-hybridized carbons (Fsp3) is 0.280. The van der Waals surface area contributed by atoms with Crippen molar-refractivity contribution >= 4 is 35.6 Å². The minimum absolute atomic E-state index is 0. The number of ether oxygens (including phenoxy) is 3. The third-order valence-electron chi connectivity index (χ3n) is 4.79. The van der Waals surface area contributed by atoms with Crippen molar-refractivity contribution in [2.24, 2.45) is 0 Å². The molecule has 0 aliphatic rings. The molecule has 4 nitrogen and oxygen atoms in total. The van der Waals surface area contributed by atoms with E-state index in [1.165, 1.54) is 5.56 Å². The summed E-state index contributed by atoms with van der Waals surface area (Å²) in [4.78, 5) is 0. The summed E-state index contributed by atoms with van der Waals surface area (Å²) in [5.74, 6) is 2.07. The standard InChI is InChI=1S/C25H27Cl2NO3.ClH/c1-3-30-24-15-18(16-28-13-12-19-8-5-7-11-23(19)29-2)14-22(27)25(24)31-17-20-9-4-6-10-21(20)26;/h4-11,14-15,28H,3,12-13,16-17H2,1-2H3;1H. The number of benzene rings is 3. The molecule has 0 saturated carbocycles. The fourth-order valence-corrected chi connectivity index (χ4v) is 3.74. The van der Waals surface area contributed by atoms with Crippen LogP contribution in [0.2, 0.25) is 10.0 Å². The molecular formula is C25H28Cl3NO3. The highest BCUT2D eigenvalue weighted by atomic mass is 35.5. The molecule has 0 atom stereocenters. The zero-order chi connectivity index (χ0) is 22.1. The predicted octanol–water partition coefficient (Wildman–Crippen LogP) is 6.73. The summed E-state index contributed by atoms with van der Waals surface area (Å²) in [6.07, 6.45) is 0.870. The Morgan fingerprint density at radius 2 is 1.56 bits per heavy atom. The van der Waals surface area contributed by atoms with Gasteiger partial charge in [0.25, 0.3) is 0 Å². The molecule has 0 heterocycles. The van der Waals surface area contributed by atoms with Crippen LogP contribution in [0.4, 0.5) is 0 Å². The number of rotatable bonds is 11. The maximum atomic E-state index is 6.54. The molecule has 0 amide bonds. The van der Waals surface area contributed by atoms with Gasteiger partial charge in [0, 0.05) is 17.1 Å². The summed E-state index contributed by atoms with van der Waals surface area (Å²) in [6.45, 7) is 4.25. The van der Waals surface area contributed by atoms with Crippen LogP contribution in [-0.2, 0) is 19.6 Å². The molecule has 0 radical (unpaired) electrons. The fourth-order valence-electron chi connectivity index (χ4n) is 3.26. The van der Waals surface area contributed by atoms with Crippen LogP contribution in [0.1, 0.15) is 23.6 Å². The monoisotopic (exact) mass is 495 g/mol. The van der Waals surface area contributed by atoms with E-state index in [4.69, 9.17) is 37.4 Å². The molecule has 172 valence electrons. The Balaban J connectivity index is 0.00000363. The summed E-state index contributed by atoms with van der Waals surface area (Å²) in [5.41, 5.74) is 3.09. The number of halogens is 3. The molecule has 3 aromatic carbocycles. The van der Waals surface area contributed by atoms with Gasteiger partial charge in [0.2, 0.25) is 0 Å². The molecular weight excluding hydrogens is 469 g/mol. The maximum Gasteiger partial charge on any atom is 0.180 e. The summed E-state index contributed by atoms with van der Waals surface area (Å²) in [6, 6.07) is 19.5. The van der Waals surface area contributed by atoms with Crippen LogP contribution in [0, 0.1) is 0 Å². The van der Waals surface area contributed by atoms with Crippen molar-refractivity contribution in [2.75, 3.05) is 20.3 Å². The average Bonchev–Trinajstić information content (AvgIpc) is 2.77. The molecule has 0 aliphatic carbocycles. The number of hydrogen-bond acceptors (Lipinski definition) is 4. The predicted molar refractivity (Wildman–Crippen MR) is 134 cm³/mol. The Morgan fingerprint density at radius 3 is 2.28 bits per heavy atom. The van der Waals surface area contributed by atoms with Gasteiger partial charge >= 0.3 is 0 Å². The Hall–Kier alpha value is -2.11. The molecule has 3 rings (SSSR count). The van der Waals surface area contributed by atoms with Crippen molar-refractivity contribution in [3.05, 3.63) is 87.4 Å². The second-order valence-electron chi connectivity index (χ2n) is 6.96. The topological polar surface area (TPSA) is 39.7 Å². The SMILES string of the molecule is CCOc1cc(CNCCc2ccccc2OC)cc(Cl)c1OCc1ccccc1Cl.Cl. The van der Waals surface area contributed by atoms with Crippen LogP contribution in [0.5, 0.6) is 17.2 Å². The van der Waals surface area contributed by atoms with Crippen LogP contribution in [0.3, 0.4) is 0 Å². The van der Waals surface area contributed by atoms with Gasteiger partial charge in [0.15, 0.2) is 11.5 Å². The number of para-hydroxylation sites is 1. The van der Waals surface area contributed by atoms with E-state index in [-0.39, 0.29) is 12.4 Å². The third-order valence-corrected chi connectivity index (χ3v) is 5.44. The Labute approximate surface area is 206 Å². The lowest BCUT2D eigenvalue weighted by molar-refractivity contribution is 0.269. The lowest BCUT2D eigenvalue weighted by Crippen LogP contribution is -2.17. The van der Waals surface area contributed by atoms with Gasteiger partial charge < -0.3 is 19.5 Å². The quantitative estimate of drug-likeness (QED) is 0.299. The second kappa shape index (κ2) is 13.4. The Bertz CT molecular complexity index is 998. The van der Waals surface area contributed by atoms with E-state index in [0.717, 1.165) is 29.8 Å². The van der Waals surface area contributed by atoms with E-state index in [1.807, 2.05) is 61.5 Å². The first-order valence-electron chi connectivity index (χ1n) is 10.3. The smallest absolute Gasteiger partial charge is 0.180 e. The minimum Gasteiger partial charge on any atom is -0.496 e. The third kappa shape index (κ3) is 7.21. The van der Waals surface area contributed by atoms with Gasteiger partial charge in [0.1, 0.15) is 12.4 Å². The van der Waals surface area contributed by atoms with Crippen LogP contribution < -0.4 is 19.5 Å². The molecule has 32 heavy (non-hydrogen) atoms. The van der Waals surface area contributed by atoms with Crippen LogP contribution >= 0.6 is 35.6 Å². The first-order valence-corrected chi connectivity index (χ1v) is 11.0. The Morgan fingerprint density at radius 1 is 0.844 bits per heavy atom. The average molecular weight is 497 g/mol. The molecule has 3 aromatic rings. The molecule has 0 aliphatic heterocycles. The highest BCUT2D eigenvalue weighted by Gasteiger charge is 2.14. The molecule has 1 N–H and O–H groups in total. The summed E-state index contributed by atoms with van der Waals surface area (Å²) >= 11 is 12.8. The van der Waals surface area contributed by atoms with E-state index in [2.05, 4.69) is 11.4 Å². The zero-order valence-electron chi connectivity index (χ0n) is 18.2. The van der Waals surface area contributed by atoms with E-state index in [1.54, 1.807) is 7.11 Å². The molecule has 0 saturated heterocycles.